The van der Waals surface area contributed by atoms with E-state index in [1.165, 1.54) is 0 Å². The first-order valence-electron chi connectivity index (χ1n) is 5.29. The minimum atomic E-state index is 0.407. The first-order valence-corrected chi connectivity index (χ1v) is 5.67. The predicted molar refractivity (Wildman–Crippen MR) is 58.6 cm³/mol. The molecule has 0 aliphatic rings. The van der Waals surface area contributed by atoms with E-state index in [9.17, 15) is 0 Å². The first-order chi connectivity index (χ1) is 6.70. The molecule has 0 N–H and O–H groups in total. The van der Waals surface area contributed by atoms with E-state index in [2.05, 4.69) is 35.5 Å². The van der Waals surface area contributed by atoms with Crippen molar-refractivity contribution in [1.29, 1.82) is 0 Å². The second-order valence-corrected chi connectivity index (χ2v) is 3.98. The molecule has 0 aliphatic heterocycles. The molecule has 0 amide bonds. The molecule has 4 heteroatoms. The minimum absolute atomic E-state index is 0.407. The molecule has 1 aromatic heterocycles. The van der Waals surface area contributed by atoms with Crippen molar-refractivity contribution in [3.63, 3.8) is 0 Å². The zero-order valence-corrected chi connectivity index (χ0v) is 9.88. The summed E-state index contributed by atoms with van der Waals surface area (Å²) in [5.41, 5.74) is 0. The van der Waals surface area contributed by atoms with Crippen molar-refractivity contribution in [2.45, 2.75) is 52.5 Å². The van der Waals surface area contributed by atoms with Crippen molar-refractivity contribution in [1.82, 2.24) is 14.8 Å². The molecule has 0 bridgehead atoms. The standard InChI is InChI=1S/C10H18ClN3/c1-4-6-8(3)14-9(7-5-2)12-13-10(14)11/h8H,4-7H2,1-3H3. The monoisotopic (exact) mass is 215 g/mol. The molecule has 14 heavy (non-hydrogen) atoms. The fourth-order valence-electron chi connectivity index (χ4n) is 1.68. The molecule has 1 heterocycles. The molecule has 1 rings (SSSR count). The van der Waals surface area contributed by atoms with E-state index in [4.69, 9.17) is 11.6 Å². The molecule has 0 aliphatic carbocycles. The van der Waals surface area contributed by atoms with Gasteiger partial charge in [-0.25, -0.2) is 0 Å². The highest BCUT2D eigenvalue weighted by Crippen LogP contribution is 2.20. The summed E-state index contributed by atoms with van der Waals surface area (Å²) in [6, 6.07) is 0.407. The largest absolute Gasteiger partial charge is 0.299 e. The maximum absolute atomic E-state index is 6.00. The van der Waals surface area contributed by atoms with Crippen LogP contribution in [0.3, 0.4) is 0 Å². The molecule has 0 spiro atoms. The fourth-order valence-corrected chi connectivity index (χ4v) is 1.98. The molecule has 0 fully saturated rings. The van der Waals surface area contributed by atoms with Gasteiger partial charge in [0.15, 0.2) is 0 Å². The van der Waals surface area contributed by atoms with Crippen LogP contribution in [0.25, 0.3) is 0 Å². The Balaban J connectivity index is 2.86. The Labute approximate surface area is 90.5 Å². The number of hydrogen-bond acceptors (Lipinski definition) is 2. The third kappa shape index (κ3) is 2.47. The summed E-state index contributed by atoms with van der Waals surface area (Å²) < 4.78 is 2.05. The molecule has 0 aromatic carbocycles. The number of nitrogens with zero attached hydrogens (tertiary/aromatic N) is 3. The second-order valence-electron chi connectivity index (χ2n) is 3.64. The Morgan fingerprint density at radius 3 is 2.57 bits per heavy atom. The van der Waals surface area contributed by atoms with E-state index in [1.807, 2.05) is 0 Å². The van der Waals surface area contributed by atoms with Crippen molar-refractivity contribution in [2.24, 2.45) is 0 Å². The smallest absolute Gasteiger partial charge is 0.225 e. The van der Waals surface area contributed by atoms with Crippen molar-refractivity contribution >= 4 is 11.6 Å². The van der Waals surface area contributed by atoms with E-state index >= 15 is 0 Å². The summed E-state index contributed by atoms with van der Waals surface area (Å²) in [5.74, 6) is 1.01. The fraction of sp³-hybridized carbons (Fsp3) is 0.800. The minimum Gasteiger partial charge on any atom is -0.299 e. The van der Waals surface area contributed by atoms with Gasteiger partial charge in [0.1, 0.15) is 5.82 Å². The van der Waals surface area contributed by atoms with Crippen LogP contribution in [0, 0.1) is 0 Å². The lowest BCUT2D eigenvalue weighted by Gasteiger charge is -2.14. The number of aromatic nitrogens is 3. The highest BCUT2D eigenvalue weighted by molar-refractivity contribution is 6.28. The normalized spacial score (nSPS) is 13.1. The lowest BCUT2D eigenvalue weighted by Crippen LogP contribution is -2.09. The average molecular weight is 216 g/mol. The van der Waals surface area contributed by atoms with Crippen LogP contribution in [0.15, 0.2) is 0 Å². The van der Waals surface area contributed by atoms with E-state index in [0.717, 1.165) is 31.5 Å². The van der Waals surface area contributed by atoms with Crippen LogP contribution >= 0.6 is 11.6 Å². The lowest BCUT2D eigenvalue weighted by molar-refractivity contribution is 0.481. The maximum Gasteiger partial charge on any atom is 0.225 e. The molecule has 80 valence electrons. The molecule has 0 saturated heterocycles. The van der Waals surface area contributed by atoms with Crippen molar-refractivity contribution in [3.05, 3.63) is 11.1 Å². The van der Waals surface area contributed by atoms with Crippen LogP contribution in [0.4, 0.5) is 0 Å². The van der Waals surface area contributed by atoms with E-state index in [1.54, 1.807) is 0 Å². The van der Waals surface area contributed by atoms with Crippen LogP contribution in [0.1, 0.15) is 51.9 Å². The molecule has 0 saturated carbocycles. The highest BCUT2D eigenvalue weighted by atomic mass is 35.5. The van der Waals surface area contributed by atoms with Gasteiger partial charge in [0.2, 0.25) is 5.28 Å². The molecular weight excluding hydrogens is 198 g/mol. The van der Waals surface area contributed by atoms with Crippen molar-refractivity contribution in [2.75, 3.05) is 0 Å². The van der Waals surface area contributed by atoms with E-state index in [-0.39, 0.29) is 0 Å². The van der Waals surface area contributed by atoms with E-state index < -0.39 is 0 Å². The van der Waals surface area contributed by atoms with Gasteiger partial charge in [-0.05, 0) is 31.4 Å². The Hall–Kier alpha value is -0.570. The van der Waals surface area contributed by atoms with Crippen LogP contribution in [-0.4, -0.2) is 14.8 Å². The van der Waals surface area contributed by atoms with Gasteiger partial charge in [0.25, 0.3) is 0 Å². The second kappa shape index (κ2) is 5.35. The maximum atomic E-state index is 6.00. The number of halogens is 1. The molecule has 0 radical (unpaired) electrons. The number of rotatable bonds is 5. The van der Waals surface area contributed by atoms with Crippen LogP contribution in [-0.2, 0) is 6.42 Å². The van der Waals surface area contributed by atoms with Gasteiger partial charge in [0.05, 0.1) is 0 Å². The zero-order valence-electron chi connectivity index (χ0n) is 9.13. The van der Waals surface area contributed by atoms with Gasteiger partial charge in [-0.3, -0.25) is 4.57 Å². The Bertz CT molecular complexity index is 283. The predicted octanol–water partition coefficient (Wildman–Crippen LogP) is 3.25. The Kier molecular flexibility index (Phi) is 4.39. The molecule has 1 aromatic rings. The van der Waals surface area contributed by atoms with Crippen molar-refractivity contribution < 1.29 is 0 Å². The van der Waals surface area contributed by atoms with Crippen LogP contribution < -0.4 is 0 Å². The summed E-state index contributed by atoms with van der Waals surface area (Å²) >= 11 is 6.00. The summed E-state index contributed by atoms with van der Waals surface area (Å²) in [4.78, 5) is 0. The van der Waals surface area contributed by atoms with E-state index in [0.29, 0.717) is 11.3 Å². The van der Waals surface area contributed by atoms with Gasteiger partial charge < -0.3 is 0 Å². The van der Waals surface area contributed by atoms with Crippen molar-refractivity contribution in [3.8, 4) is 0 Å². The first kappa shape index (κ1) is 11.5. The van der Waals surface area contributed by atoms with Gasteiger partial charge in [-0.2, -0.15) is 0 Å². The number of hydrogen-bond donors (Lipinski definition) is 0. The van der Waals surface area contributed by atoms with Crippen LogP contribution in [0.2, 0.25) is 5.28 Å². The Morgan fingerprint density at radius 1 is 1.29 bits per heavy atom. The SMILES string of the molecule is CCCc1nnc(Cl)n1C(C)CCC. The van der Waals surface area contributed by atoms with Gasteiger partial charge >= 0.3 is 0 Å². The molecule has 1 unspecified atom stereocenters. The molecule has 3 nitrogen and oxygen atoms in total. The number of aryl methyl sites for hydroxylation is 1. The summed E-state index contributed by atoms with van der Waals surface area (Å²) in [6.45, 7) is 6.48. The highest BCUT2D eigenvalue weighted by Gasteiger charge is 2.14. The summed E-state index contributed by atoms with van der Waals surface area (Å²) in [7, 11) is 0. The molecular formula is C10H18ClN3. The Morgan fingerprint density at radius 2 is 2.00 bits per heavy atom. The quantitative estimate of drug-likeness (QED) is 0.755. The molecule has 1 atom stereocenters. The summed E-state index contributed by atoms with van der Waals surface area (Å²) in [6.07, 6.45) is 4.30. The van der Waals surface area contributed by atoms with Gasteiger partial charge in [0, 0.05) is 12.5 Å². The average Bonchev–Trinajstić information content (AvgIpc) is 2.48. The summed E-state index contributed by atoms with van der Waals surface area (Å²) in [5, 5.41) is 8.53. The lowest BCUT2D eigenvalue weighted by atomic mass is 10.2. The van der Waals surface area contributed by atoms with Crippen LogP contribution in [0.5, 0.6) is 0 Å². The van der Waals surface area contributed by atoms with Gasteiger partial charge in [-0.1, -0.05) is 20.3 Å². The van der Waals surface area contributed by atoms with Gasteiger partial charge in [-0.15, -0.1) is 10.2 Å². The topological polar surface area (TPSA) is 30.7 Å². The third-order valence-corrected chi connectivity index (χ3v) is 2.60. The zero-order chi connectivity index (χ0) is 10.6. The third-order valence-electron chi connectivity index (χ3n) is 2.35.